The average molecular weight is 433 g/mol. The summed E-state index contributed by atoms with van der Waals surface area (Å²) >= 11 is 3.49. The summed E-state index contributed by atoms with van der Waals surface area (Å²) in [4.78, 5) is 11.9. The van der Waals surface area contributed by atoms with Gasteiger partial charge in [-0.15, -0.1) is 0 Å². The Kier molecular flexibility index (Phi) is 6.01. The molecule has 2 aromatic carbocycles. The van der Waals surface area contributed by atoms with Crippen LogP contribution < -0.4 is 9.47 Å². The number of aryl methyl sites for hydroxylation is 1. The molecule has 0 saturated heterocycles. The third kappa shape index (κ3) is 4.24. The Hall–Kier alpha value is -2.54. The molecule has 0 bridgehead atoms. The second-order valence-electron chi connectivity index (χ2n) is 6.04. The lowest BCUT2D eigenvalue weighted by Gasteiger charge is -2.13. The summed E-state index contributed by atoms with van der Waals surface area (Å²) in [5, 5.41) is 8.27. The van der Waals surface area contributed by atoms with Gasteiger partial charge in [0.2, 0.25) is 0 Å². The number of aromatic amines is 1. The Balaban J connectivity index is 1.86. The van der Waals surface area contributed by atoms with E-state index in [1.807, 2.05) is 37.3 Å². The Bertz CT molecular complexity index is 968. The highest BCUT2D eigenvalue weighted by molar-refractivity contribution is 9.10. The summed E-state index contributed by atoms with van der Waals surface area (Å²) < 4.78 is 17.4. The molecular weight excluding hydrogens is 412 g/mol. The normalized spacial score (nSPS) is 10.8. The molecule has 0 spiro atoms. The van der Waals surface area contributed by atoms with E-state index in [-0.39, 0.29) is 19.0 Å². The molecule has 1 heterocycles. The summed E-state index contributed by atoms with van der Waals surface area (Å²) in [6.07, 6.45) is 0.175. The Labute approximate surface area is 165 Å². The fourth-order valence-corrected chi connectivity index (χ4v) is 3.38. The minimum atomic E-state index is -0.270. The predicted octanol–water partition coefficient (Wildman–Crippen LogP) is 4.33. The molecule has 3 rings (SSSR count). The first-order chi connectivity index (χ1) is 13.0. The molecule has 0 amide bonds. The second kappa shape index (κ2) is 8.43. The molecule has 3 aromatic rings. The first kappa shape index (κ1) is 19.2. The van der Waals surface area contributed by atoms with Crippen molar-refractivity contribution in [1.29, 1.82) is 0 Å². The van der Waals surface area contributed by atoms with E-state index in [0.717, 1.165) is 32.2 Å². The number of nitrogens with zero attached hydrogens (tertiary/aromatic N) is 1. The van der Waals surface area contributed by atoms with E-state index in [1.54, 1.807) is 14.0 Å². The summed E-state index contributed by atoms with van der Waals surface area (Å²) in [5.41, 5.74) is 3.33. The summed E-state index contributed by atoms with van der Waals surface area (Å²) in [7, 11) is 1.61. The summed E-state index contributed by atoms with van der Waals surface area (Å²) in [6.45, 7) is 4.39. The van der Waals surface area contributed by atoms with Gasteiger partial charge in [-0.05, 0) is 31.5 Å². The first-order valence-corrected chi connectivity index (χ1v) is 9.40. The molecule has 0 aliphatic rings. The fraction of sp³-hybridized carbons (Fsp3) is 0.300. The molecular formula is C20H21BrN2O4. The molecule has 0 fully saturated rings. The summed E-state index contributed by atoms with van der Waals surface area (Å²) in [6, 6.07) is 9.58. The molecule has 0 aliphatic carbocycles. The number of carbonyl (C=O) groups is 1. The third-order valence-electron chi connectivity index (χ3n) is 4.18. The minimum Gasteiger partial charge on any atom is -0.494 e. The van der Waals surface area contributed by atoms with Crippen molar-refractivity contribution in [3.8, 4) is 11.5 Å². The van der Waals surface area contributed by atoms with Crippen LogP contribution in [0.4, 0.5) is 0 Å². The van der Waals surface area contributed by atoms with Crippen molar-refractivity contribution in [2.45, 2.75) is 26.9 Å². The van der Waals surface area contributed by atoms with E-state index in [0.29, 0.717) is 18.1 Å². The highest BCUT2D eigenvalue weighted by Crippen LogP contribution is 2.31. The zero-order valence-corrected chi connectivity index (χ0v) is 17.1. The van der Waals surface area contributed by atoms with E-state index < -0.39 is 0 Å². The molecule has 27 heavy (non-hydrogen) atoms. The van der Waals surface area contributed by atoms with Crippen LogP contribution >= 0.6 is 15.9 Å². The number of para-hydroxylation sites is 1. The van der Waals surface area contributed by atoms with Gasteiger partial charge in [-0.25, -0.2) is 0 Å². The minimum absolute atomic E-state index is 0.175. The van der Waals surface area contributed by atoms with Gasteiger partial charge in [0.1, 0.15) is 23.6 Å². The van der Waals surface area contributed by atoms with Crippen molar-refractivity contribution in [2.24, 2.45) is 0 Å². The van der Waals surface area contributed by atoms with E-state index in [1.165, 1.54) is 0 Å². The number of H-pyrrole nitrogens is 1. The number of rotatable bonds is 7. The van der Waals surface area contributed by atoms with Crippen LogP contribution in [-0.2, 0) is 22.6 Å². The van der Waals surface area contributed by atoms with Crippen molar-refractivity contribution >= 4 is 32.8 Å². The van der Waals surface area contributed by atoms with Gasteiger partial charge in [-0.2, -0.15) is 5.10 Å². The predicted molar refractivity (Wildman–Crippen MR) is 106 cm³/mol. The standard InChI is InChI=1S/C20H21BrN2O4/c1-4-26-18(24)8-13-7-5-6-12(2)20(13)27-11-16-15-9-14(21)10-17(25-3)19(15)23-22-16/h5-7,9-10H,4,8,11H2,1-3H3,(H,22,23). The molecule has 0 radical (unpaired) electrons. The Morgan fingerprint density at radius 3 is 2.85 bits per heavy atom. The number of methoxy groups -OCH3 is 1. The number of carbonyl (C=O) groups excluding carboxylic acids is 1. The van der Waals surface area contributed by atoms with E-state index >= 15 is 0 Å². The summed E-state index contributed by atoms with van der Waals surface area (Å²) in [5.74, 6) is 1.10. The van der Waals surface area contributed by atoms with Crippen LogP contribution in [0, 0.1) is 6.92 Å². The van der Waals surface area contributed by atoms with Gasteiger partial charge < -0.3 is 14.2 Å². The lowest BCUT2D eigenvalue weighted by atomic mass is 10.1. The van der Waals surface area contributed by atoms with Gasteiger partial charge in [-0.3, -0.25) is 9.89 Å². The Morgan fingerprint density at radius 1 is 1.30 bits per heavy atom. The highest BCUT2D eigenvalue weighted by atomic mass is 79.9. The molecule has 1 N–H and O–H groups in total. The highest BCUT2D eigenvalue weighted by Gasteiger charge is 2.15. The van der Waals surface area contributed by atoms with Gasteiger partial charge in [0.05, 0.1) is 25.8 Å². The fourth-order valence-electron chi connectivity index (χ4n) is 2.94. The average Bonchev–Trinajstić information content (AvgIpc) is 3.03. The van der Waals surface area contributed by atoms with Gasteiger partial charge in [0, 0.05) is 15.4 Å². The maximum atomic E-state index is 11.9. The number of aromatic nitrogens is 2. The number of halogens is 1. The maximum absolute atomic E-state index is 11.9. The van der Waals surface area contributed by atoms with Crippen molar-refractivity contribution in [3.63, 3.8) is 0 Å². The molecule has 7 heteroatoms. The van der Waals surface area contributed by atoms with Gasteiger partial charge in [0.15, 0.2) is 0 Å². The van der Waals surface area contributed by atoms with Crippen molar-refractivity contribution < 1.29 is 19.0 Å². The lowest BCUT2D eigenvalue weighted by molar-refractivity contribution is -0.142. The van der Waals surface area contributed by atoms with Gasteiger partial charge in [0.25, 0.3) is 0 Å². The number of ether oxygens (including phenoxy) is 3. The number of esters is 1. The zero-order valence-electron chi connectivity index (χ0n) is 15.5. The Morgan fingerprint density at radius 2 is 2.11 bits per heavy atom. The van der Waals surface area contributed by atoms with Crippen LogP contribution in [0.1, 0.15) is 23.7 Å². The van der Waals surface area contributed by atoms with E-state index in [4.69, 9.17) is 14.2 Å². The van der Waals surface area contributed by atoms with Gasteiger partial charge >= 0.3 is 5.97 Å². The van der Waals surface area contributed by atoms with Crippen molar-refractivity contribution in [2.75, 3.05) is 13.7 Å². The van der Waals surface area contributed by atoms with Crippen LogP contribution in [-0.4, -0.2) is 29.9 Å². The maximum Gasteiger partial charge on any atom is 0.310 e. The number of hydrogen-bond acceptors (Lipinski definition) is 5. The SMILES string of the molecule is CCOC(=O)Cc1cccc(C)c1OCc1[nH]nc2c(OC)cc(Br)cc12. The lowest BCUT2D eigenvalue weighted by Crippen LogP contribution is -2.10. The molecule has 0 saturated carbocycles. The molecule has 1 aromatic heterocycles. The monoisotopic (exact) mass is 432 g/mol. The quantitative estimate of drug-likeness (QED) is 0.562. The molecule has 0 atom stereocenters. The molecule has 0 unspecified atom stereocenters. The van der Waals surface area contributed by atoms with E-state index in [2.05, 4.69) is 26.1 Å². The third-order valence-corrected chi connectivity index (χ3v) is 4.64. The number of nitrogens with one attached hydrogen (secondary N) is 1. The van der Waals surface area contributed by atoms with Crippen molar-refractivity contribution in [1.82, 2.24) is 10.2 Å². The number of benzene rings is 2. The van der Waals surface area contributed by atoms with Crippen LogP contribution in [0.3, 0.4) is 0 Å². The smallest absolute Gasteiger partial charge is 0.310 e. The second-order valence-corrected chi connectivity index (χ2v) is 6.96. The molecule has 142 valence electrons. The first-order valence-electron chi connectivity index (χ1n) is 8.60. The number of fused-ring (bicyclic) bond motifs is 1. The molecule has 0 aliphatic heterocycles. The van der Waals surface area contributed by atoms with Crippen LogP contribution in [0.2, 0.25) is 0 Å². The zero-order chi connectivity index (χ0) is 19.4. The van der Waals surface area contributed by atoms with E-state index in [9.17, 15) is 4.79 Å². The largest absolute Gasteiger partial charge is 0.494 e. The van der Waals surface area contributed by atoms with Gasteiger partial charge in [-0.1, -0.05) is 34.1 Å². The number of hydrogen-bond donors (Lipinski definition) is 1. The van der Waals surface area contributed by atoms with Crippen LogP contribution in [0.5, 0.6) is 11.5 Å². The topological polar surface area (TPSA) is 73.4 Å². The van der Waals surface area contributed by atoms with Crippen LogP contribution in [0.25, 0.3) is 10.9 Å². The molecule has 6 nitrogen and oxygen atoms in total. The van der Waals surface area contributed by atoms with Crippen molar-refractivity contribution in [3.05, 3.63) is 51.6 Å². The van der Waals surface area contributed by atoms with Crippen LogP contribution in [0.15, 0.2) is 34.8 Å².